The average Bonchev–Trinajstić information content (AvgIpc) is 2.86. The third-order valence-corrected chi connectivity index (χ3v) is 4.37. The van der Waals surface area contributed by atoms with Crippen LogP contribution in [0.1, 0.15) is 23.2 Å². The predicted octanol–water partition coefficient (Wildman–Crippen LogP) is 0.632. The maximum absolute atomic E-state index is 12.3. The van der Waals surface area contributed by atoms with Crippen molar-refractivity contribution in [3.05, 3.63) is 30.4 Å². The molecule has 2 rings (SSSR count). The van der Waals surface area contributed by atoms with Crippen molar-refractivity contribution in [2.45, 2.75) is 25.3 Å². The molecule has 1 aromatic heterocycles. The van der Waals surface area contributed by atoms with Crippen molar-refractivity contribution < 1.29 is 9.59 Å². The van der Waals surface area contributed by atoms with Crippen molar-refractivity contribution >= 4 is 23.6 Å². The molecule has 1 aromatic rings. The molecule has 108 valence electrons. The lowest BCUT2D eigenvalue weighted by atomic mass is 10.3. The van der Waals surface area contributed by atoms with Gasteiger partial charge in [0.25, 0.3) is 5.91 Å². The molecule has 6 nitrogen and oxygen atoms in total. The highest BCUT2D eigenvalue weighted by Crippen LogP contribution is 2.19. The Kier molecular flexibility index (Phi) is 4.49. The van der Waals surface area contributed by atoms with Crippen molar-refractivity contribution in [1.82, 2.24) is 14.5 Å². The first kappa shape index (κ1) is 14.6. The van der Waals surface area contributed by atoms with Crippen LogP contribution in [0.25, 0.3) is 0 Å². The summed E-state index contributed by atoms with van der Waals surface area (Å²) < 4.78 is 1.79. The van der Waals surface area contributed by atoms with Crippen LogP contribution in [-0.2, 0) is 17.9 Å². The van der Waals surface area contributed by atoms with E-state index in [1.165, 1.54) is 6.20 Å². The van der Waals surface area contributed by atoms with Gasteiger partial charge in [-0.1, -0.05) is 6.08 Å². The fourth-order valence-electron chi connectivity index (χ4n) is 2.19. The molecule has 20 heavy (non-hydrogen) atoms. The zero-order chi connectivity index (χ0) is 14.7. The molecule has 0 saturated carbocycles. The molecule has 1 aliphatic heterocycles. The summed E-state index contributed by atoms with van der Waals surface area (Å²) >= 11 is 1.56. The molecule has 1 aliphatic rings. The van der Waals surface area contributed by atoms with E-state index < -0.39 is 5.91 Å². The summed E-state index contributed by atoms with van der Waals surface area (Å²) in [5.41, 5.74) is 5.69. The Balaban J connectivity index is 2.06. The minimum atomic E-state index is -0.488. The van der Waals surface area contributed by atoms with Gasteiger partial charge in [0.05, 0.1) is 18.0 Å². The number of rotatable bonds is 5. The molecule has 0 spiro atoms. The van der Waals surface area contributed by atoms with Crippen LogP contribution >= 0.6 is 11.8 Å². The van der Waals surface area contributed by atoms with Gasteiger partial charge in [-0.25, -0.2) is 4.98 Å². The van der Waals surface area contributed by atoms with E-state index in [1.54, 1.807) is 27.3 Å². The fourth-order valence-corrected chi connectivity index (χ4v) is 2.90. The van der Waals surface area contributed by atoms with E-state index in [1.807, 2.05) is 6.92 Å². The smallest absolute Gasteiger partial charge is 0.266 e. The highest BCUT2D eigenvalue weighted by Gasteiger charge is 2.27. The summed E-state index contributed by atoms with van der Waals surface area (Å²) in [4.78, 5) is 29.5. The Morgan fingerprint density at radius 1 is 1.60 bits per heavy atom. The zero-order valence-corrected chi connectivity index (χ0v) is 12.2. The number of imidazole rings is 1. The quantitative estimate of drug-likeness (QED) is 0.808. The number of nitrogens with two attached hydrogens (primary N) is 1. The zero-order valence-electron chi connectivity index (χ0n) is 11.4. The molecule has 0 unspecified atom stereocenters. The van der Waals surface area contributed by atoms with Crippen LogP contribution in [0.15, 0.2) is 18.9 Å². The van der Waals surface area contributed by atoms with Crippen LogP contribution in [0.3, 0.4) is 0 Å². The molecule has 2 heterocycles. The molecular weight excluding hydrogens is 276 g/mol. The standard InChI is InChI=1S/C13H18N4O2S/c1-3-6-20-9(2)13(19)16-4-5-17-10(12(14)18)7-15-11(17)8-16/h3,7,9H,1,4-6,8H2,2H3,(H2,14,18)/t9-/m1/s1. The van der Waals surface area contributed by atoms with Gasteiger partial charge in [-0.15, -0.1) is 18.3 Å². The van der Waals surface area contributed by atoms with Crippen LogP contribution < -0.4 is 5.73 Å². The Labute approximate surface area is 122 Å². The normalized spacial score (nSPS) is 15.6. The Morgan fingerprint density at radius 3 is 3.00 bits per heavy atom. The maximum atomic E-state index is 12.3. The molecule has 1 atom stereocenters. The predicted molar refractivity (Wildman–Crippen MR) is 78.3 cm³/mol. The van der Waals surface area contributed by atoms with Gasteiger partial charge in [-0.05, 0) is 6.92 Å². The van der Waals surface area contributed by atoms with Crippen molar-refractivity contribution in [2.24, 2.45) is 5.73 Å². The molecule has 0 fully saturated rings. The summed E-state index contributed by atoms with van der Waals surface area (Å²) in [5, 5.41) is -0.106. The Hall–Kier alpha value is -1.76. The molecule has 0 bridgehead atoms. The summed E-state index contributed by atoms with van der Waals surface area (Å²) in [6.07, 6.45) is 3.26. The van der Waals surface area contributed by atoms with Crippen LogP contribution in [0.5, 0.6) is 0 Å². The topological polar surface area (TPSA) is 81.2 Å². The number of aromatic nitrogens is 2. The van der Waals surface area contributed by atoms with Gasteiger partial charge >= 0.3 is 0 Å². The minimum absolute atomic E-state index is 0.0896. The van der Waals surface area contributed by atoms with E-state index in [0.29, 0.717) is 31.2 Å². The number of carbonyl (C=O) groups is 2. The van der Waals surface area contributed by atoms with E-state index in [-0.39, 0.29) is 11.2 Å². The van der Waals surface area contributed by atoms with E-state index in [2.05, 4.69) is 11.6 Å². The van der Waals surface area contributed by atoms with E-state index in [4.69, 9.17) is 5.73 Å². The first-order chi connectivity index (χ1) is 9.54. The minimum Gasteiger partial charge on any atom is -0.364 e. The third kappa shape index (κ3) is 2.87. The molecule has 2 amide bonds. The lowest BCUT2D eigenvalue weighted by molar-refractivity contribution is -0.131. The van der Waals surface area contributed by atoms with Crippen LogP contribution in [0, 0.1) is 0 Å². The monoisotopic (exact) mass is 294 g/mol. The number of hydrogen-bond donors (Lipinski definition) is 1. The first-order valence-electron chi connectivity index (χ1n) is 6.40. The van der Waals surface area contributed by atoms with E-state index >= 15 is 0 Å². The second kappa shape index (κ2) is 6.13. The number of nitrogens with zero attached hydrogens (tertiary/aromatic N) is 3. The van der Waals surface area contributed by atoms with Gasteiger partial charge in [0, 0.05) is 18.8 Å². The van der Waals surface area contributed by atoms with E-state index in [0.717, 1.165) is 5.75 Å². The second-order valence-electron chi connectivity index (χ2n) is 4.60. The largest absolute Gasteiger partial charge is 0.364 e. The third-order valence-electron chi connectivity index (χ3n) is 3.24. The first-order valence-corrected chi connectivity index (χ1v) is 7.45. The van der Waals surface area contributed by atoms with Crippen LogP contribution in [-0.4, -0.2) is 43.8 Å². The van der Waals surface area contributed by atoms with E-state index in [9.17, 15) is 9.59 Å². The molecule has 7 heteroatoms. The number of carbonyl (C=O) groups excluding carboxylic acids is 2. The van der Waals surface area contributed by atoms with Gasteiger partial charge < -0.3 is 15.2 Å². The van der Waals surface area contributed by atoms with Crippen molar-refractivity contribution in [3.8, 4) is 0 Å². The fraction of sp³-hybridized carbons (Fsp3) is 0.462. The Bertz CT molecular complexity index is 540. The molecule has 0 radical (unpaired) electrons. The van der Waals surface area contributed by atoms with Crippen molar-refractivity contribution in [2.75, 3.05) is 12.3 Å². The van der Waals surface area contributed by atoms with Crippen molar-refractivity contribution in [1.29, 1.82) is 0 Å². The lowest BCUT2D eigenvalue weighted by Gasteiger charge is -2.30. The highest BCUT2D eigenvalue weighted by atomic mass is 32.2. The van der Waals surface area contributed by atoms with Gasteiger partial charge in [0.2, 0.25) is 5.91 Å². The molecule has 0 aliphatic carbocycles. The number of amides is 2. The summed E-state index contributed by atoms with van der Waals surface area (Å²) in [7, 11) is 0. The molecule has 0 saturated heterocycles. The van der Waals surface area contributed by atoms with Crippen LogP contribution in [0.4, 0.5) is 0 Å². The summed E-state index contributed by atoms with van der Waals surface area (Å²) in [6.45, 7) is 7.09. The van der Waals surface area contributed by atoms with Gasteiger partial charge in [-0.3, -0.25) is 9.59 Å². The van der Waals surface area contributed by atoms with Crippen molar-refractivity contribution in [3.63, 3.8) is 0 Å². The number of hydrogen-bond acceptors (Lipinski definition) is 4. The molecular formula is C13H18N4O2S. The SMILES string of the molecule is C=CCS[C@H](C)C(=O)N1CCn2c(C(N)=O)cnc2C1. The van der Waals surface area contributed by atoms with Gasteiger partial charge in [0.1, 0.15) is 11.5 Å². The molecule has 0 aromatic carbocycles. The average molecular weight is 294 g/mol. The summed E-state index contributed by atoms with van der Waals surface area (Å²) in [5.74, 6) is 1.06. The molecule has 2 N–H and O–H groups in total. The maximum Gasteiger partial charge on any atom is 0.266 e. The number of fused-ring (bicyclic) bond motifs is 1. The van der Waals surface area contributed by atoms with Gasteiger partial charge in [0.15, 0.2) is 0 Å². The Morgan fingerprint density at radius 2 is 2.35 bits per heavy atom. The number of thioether (sulfide) groups is 1. The summed E-state index contributed by atoms with van der Waals surface area (Å²) in [6, 6.07) is 0. The second-order valence-corrected chi connectivity index (χ2v) is 5.97. The highest BCUT2D eigenvalue weighted by molar-refractivity contribution is 8.00. The number of primary amides is 1. The lowest BCUT2D eigenvalue weighted by Crippen LogP contribution is -2.42. The van der Waals surface area contributed by atoms with Gasteiger partial charge in [-0.2, -0.15) is 0 Å². The van der Waals surface area contributed by atoms with Crippen LogP contribution in [0.2, 0.25) is 0 Å².